The third-order valence-electron chi connectivity index (χ3n) is 6.37. The van der Waals surface area contributed by atoms with Gasteiger partial charge in [0, 0.05) is 56.1 Å². The first kappa shape index (κ1) is 27.7. The molecule has 13 nitrogen and oxygen atoms in total. The van der Waals surface area contributed by atoms with Crippen molar-refractivity contribution in [1.29, 1.82) is 0 Å². The number of carbonyl (C=O) groups excluding carboxylic acids is 1. The Kier molecular flexibility index (Phi) is 8.11. The highest BCUT2D eigenvalue weighted by Crippen LogP contribution is 2.44. The second-order valence-corrected chi connectivity index (χ2v) is 8.88. The Morgan fingerprint density at radius 1 is 0.814 bits per heavy atom. The van der Waals surface area contributed by atoms with E-state index in [0.29, 0.717) is 28.4 Å². The van der Waals surface area contributed by atoms with Crippen LogP contribution in [0, 0.1) is 0 Å². The van der Waals surface area contributed by atoms with Crippen LogP contribution in [0.2, 0.25) is 0 Å². The molecule has 214 valence electrons. The average Bonchev–Trinajstić information content (AvgIpc) is 3.62. The van der Waals surface area contributed by atoms with Crippen LogP contribution in [-0.4, -0.2) is 60.3 Å². The molecule has 1 aliphatic rings. The Morgan fingerprint density at radius 3 is 2.14 bits per heavy atom. The van der Waals surface area contributed by atoms with Gasteiger partial charge in [-0.15, -0.1) is 0 Å². The van der Waals surface area contributed by atoms with Gasteiger partial charge in [0.15, 0.2) is 29.5 Å². The van der Waals surface area contributed by atoms with E-state index in [-0.39, 0.29) is 24.0 Å². The van der Waals surface area contributed by atoms with Crippen molar-refractivity contribution in [3.05, 3.63) is 133 Å². The molecule has 6 rings (SSSR count). The van der Waals surface area contributed by atoms with Gasteiger partial charge in [-0.3, -0.25) is 4.98 Å². The normalized spacial score (nSPS) is 18.0. The summed E-state index contributed by atoms with van der Waals surface area (Å²) < 4.78 is 30.8. The van der Waals surface area contributed by atoms with Crippen molar-refractivity contribution >= 4 is 17.1 Å². The maximum atomic E-state index is 12.6. The highest BCUT2D eigenvalue weighted by molar-refractivity contribution is 5.94. The van der Waals surface area contributed by atoms with Crippen LogP contribution < -0.4 is 0 Å². The molecule has 3 unspecified atom stereocenters. The molecule has 0 fully saturated rings. The second kappa shape index (κ2) is 12.6. The molecule has 0 radical (unpaired) electrons. The molecule has 0 bridgehead atoms. The van der Waals surface area contributed by atoms with Gasteiger partial charge >= 0.3 is 0 Å². The van der Waals surface area contributed by atoms with Crippen LogP contribution in [-0.2, 0) is 36.1 Å². The molecule has 0 N–H and O–H groups in total. The summed E-state index contributed by atoms with van der Waals surface area (Å²) in [5.74, 6) is 0.855. The van der Waals surface area contributed by atoms with Crippen molar-refractivity contribution in [2.45, 2.75) is 24.8 Å². The number of hydrogen-bond acceptors (Lipinski definition) is 13. The lowest BCUT2D eigenvalue weighted by Gasteiger charge is -2.38. The van der Waals surface area contributed by atoms with E-state index < -0.39 is 18.2 Å². The fourth-order valence-electron chi connectivity index (χ4n) is 4.52. The lowest BCUT2D eigenvalue weighted by molar-refractivity contribution is -0.228. The maximum Gasteiger partial charge on any atom is 0.276 e. The van der Waals surface area contributed by atoms with E-state index in [1.807, 2.05) is 5.94 Å². The molecule has 43 heavy (non-hydrogen) atoms. The summed E-state index contributed by atoms with van der Waals surface area (Å²) in [5, 5.41) is 0. The van der Waals surface area contributed by atoms with Gasteiger partial charge in [0.25, 0.3) is 5.79 Å². The summed E-state index contributed by atoms with van der Waals surface area (Å²) in [6.45, 7) is -0.0515. The Bertz CT molecular complexity index is 1680. The van der Waals surface area contributed by atoms with E-state index >= 15 is 0 Å². The first-order valence-corrected chi connectivity index (χ1v) is 13.0. The SMILES string of the molecule is COC(OC1C(=C=O)OC(OCc2ncccn2)C(c2ccco2)=C1c1ncccn1)(c1ccccn1)c1ncccn1. The van der Waals surface area contributed by atoms with Crippen LogP contribution in [0.5, 0.6) is 0 Å². The molecule has 1 aliphatic heterocycles. The van der Waals surface area contributed by atoms with Crippen LogP contribution in [0.1, 0.15) is 28.9 Å². The van der Waals surface area contributed by atoms with Crippen LogP contribution in [0.25, 0.3) is 11.1 Å². The van der Waals surface area contributed by atoms with E-state index in [0.717, 1.165) is 0 Å². The molecule has 0 aliphatic carbocycles. The molecule has 0 aromatic carbocycles. The van der Waals surface area contributed by atoms with Gasteiger partial charge in [0.1, 0.15) is 18.1 Å². The van der Waals surface area contributed by atoms with Gasteiger partial charge in [-0.1, -0.05) is 6.07 Å². The topological polar surface area (TPSA) is 157 Å². The summed E-state index contributed by atoms with van der Waals surface area (Å²) in [7, 11) is 1.42. The molecule has 5 aromatic heterocycles. The van der Waals surface area contributed by atoms with Crippen molar-refractivity contribution in [2.75, 3.05) is 7.11 Å². The van der Waals surface area contributed by atoms with Crippen molar-refractivity contribution < 1.29 is 28.2 Å². The first-order valence-electron chi connectivity index (χ1n) is 13.0. The Morgan fingerprint density at radius 2 is 1.51 bits per heavy atom. The van der Waals surface area contributed by atoms with E-state index in [2.05, 4.69) is 34.9 Å². The van der Waals surface area contributed by atoms with Crippen LogP contribution >= 0.6 is 0 Å². The van der Waals surface area contributed by atoms with E-state index in [1.54, 1.807) is 79.5 Å². The smallest absolute Gasteiger partial charge is 0.276 e. The predicted octanol–water partition coefficient (Wildman–Crippen LogP) is 3.18. The van der Waals surface area contributed by atoms with Crippen LogP contribution in [0.4, 0.5) is 0 Å². The second-order valence-electron chi connectivity index (χ2n) is 8.88. The van der Waals surface area contributed by atoms with E-state index in [4.69, 9.17) is 23.4 Å². The number of furan rings is 1. The predicted molar refractivity (Wildman–Crippen MR) is 147 cm³/mol. The van der Waals surface area contributed by atoms with Crippen molar-refractivity contribution in [3.63, 3.8) is 0 Å². The highest BCUT2D eigenvalue weighted by Gasteiger charge is 2.49. The molecule has 0 spiro atoms. The van der Waals surface area contributed by atoms with E-state index in [1.165, 1.54) is 25.8 Å². The third-order valence-corrected chi connectivity index (χ3v) is 6.37. The van der Waals surface area contributed by atoms with Crippen molar-refractivity contribution in [1.82, 2.24) is 34.9 Å². The summed E-state index contributed by atoms with van der Waals surface area (Å²) in [4.78, 5) is 43.2. The fourth-order valence-corrected chi connectivity index (χ4v) is 4.52. The van der Waals surface area contributed by atoms with Gasteiger partial charge in [-0.25, -0.2) is 34.7 Å². The number of ether oxygens (including phenoxy) is 4. The third kappa shape index (κ3) is 5.56. The van der Waals surface area contributed by atoms with Crippen LogP contribution in [0.15, 0.2) is 108 Å². The highest BCUT2D eigenvalue weighted by atomic mass is 16.7. The number of nitrogens with zero attached hydrogens (tertiary/aromatic N) is 7. The molecule has 0 amide bonds. The minimum atomic E-state index is -1.82. The number of rotatable bonds is 10. The Balaban J connectivity index is 1.55. The van der Waals surface area contributed by atoms with Gasteiger partial charge < -0.3 is 23.4 Å². The number of hydrogen-bond donors (Lipinski definition) is 0. The zero-order chi connectivity index (χ0) is 29.5. The standard InChI is InChI=1S/C30H23N7O6/c1-39-30(22-9-2-3-10-31-22,29-36-15-7-16-37-29)43-26-21(18-38)42-28(41-19-23-32-11-5-12-33-23)24(20-8-4-17-40-20)25(26)27-34-13-6-14-35-27/h2-17,26,28H,19H2,1H3. The largest absolute Gasteiger partial charge is 0.464 e. The zero-order valence-electron chi connectivity index (χ0n) is 22.7. The summed E-state index contributed by atoms with van der Waals surface area (Å²) in [6, 6.07) is 13.6. The van der Waals surface area contributed by atoms with Gasteiger partial charge in [0.05, 0.1) is 11.8 Å². The summed E-state index contributed by atoms with van der Waals surface area (Å²) in [5.41, 5.74) is 0.963. The van der Waals surface area contributed by atoms with Crippen LogP contribution in [0.3, 0.4) is 0 Å². The number of aromatic nitrogens is 7. The first-order chi connectivity index (χ1) is 21.2. The average molecular weight is 578 g/mol. The lowest BCUT2D eigenvalue weighted by Crippen LogP contribution is -2.44. The molecule has 13 heteroatoms. The Labute approximate surface area is 245 Å². The Hall–Kier alpha value is -5.46. The van der Waals surface area contributed by atoms with E-state index in [9.17, 15) is 4.79 Å². The molecule has 0 saturated carbocycles. The van der Waals surface area contributed by atoms with Gasteiger partial charge in [-0.2, -0.15) is 0 Å². The molecule has 5 aromatic rings. The number of pyridine rings is 1. The lowest BCUT2D eigenvalue weighted by atomic mass is 9.94. The summed E-state index contributed by atoms with van der Waals surface area (Å²) in [6.07, 6.45) is 9.93. The van der Waals surface area contributed by atoms with Crippen molar-refractivity contribution in [2.24, 2.45) is 0 Å². The molecule has 0 saturated heterocycles. The quantitative estimate of drug-likeness (QED) is 0.176. The fraction of sp³-hybridized carbons (Fsp3) is 0.167. The number of methoxy groups -OCH3 is 1. The molecule has 6 heterocycles. The maximum absolute atomic E-state index is 12.6. The summed E-state index contributed by atoms with van der Waals surface area (Å²) >= 11 is 0. The zero-order valence-corrected chi connectivity index (χ0v) is 22.7. The monoisotopic (exact) mass is 577 g/mol. The van der Waals surface area contributed by atoms with Gasteiger partial charge in [0.2, 0.25) is 12.0 Å². The molecule has 3 atom stereocenters. The molecular weight excluding hydrogens is 554 g/mol. The minimum absolute atomic E-state index is 0.0515. The minimum Gasteiger partial charge on any atom is -0.464 e. The molecular formula is C30H23N7O6. The van der Waals surface area contributed by atoms with Gasteiger partial charge in [-0.05, 0) is 42.5 Å². The van der Waals surface area contributed by atoms with Crippen molar-refractivity contribution in [3.8, 4) is 0 Å².